The summed E-state index contributed by atoms with van der Waals surface area (Å²) >= 11 is 2.28. The van der Waals surface area contributed by atoms with Crippen molar-refractivity contribution in [3.8, 4) is 0 Å². The van der Waals surface area contributed by atoms with E-state index < -0.39 is 16.8 Å². The predicted molar refractivity (Wildman–Crippen MR) is 112 cm³/mol. The quantitative estimate of drug-likeness (QED) is 0.266. The molecule has 2 aromatic heterocycles. The van der Waals surface area contributed by atoms with E-state index in [2.05, 4.69) is 4.99 Å². The van der Waals surface area contributed by atoms with Crippen LogP contribution in [0.1, 0.15) is 16.0 Å². The zero-order chi connectivity index (χ0) is 21.1. The molecule has 2 heterocycles. The SMILES string of the molecule is COC(=O)Cn1c(=NC(=O)/C=C/c2ccc([N+](=O)[O-])s2)sc2c(C)cc(C)cc21. The first-order valence-electron chi connectivity index (χ1n) is 8.47. The van der Waals surface area contributed by atoms with Crippen molar-refractivity contribution in [2.24, 2.45) is 4.99 Å². The average Bonchev–Trinajstić information content (AvgIpc) is 3.26. The Morgan fingerprint density at radius 1 is 1.28 bits per heavy atom. The van der Waals surface area contributed by atoms with Gasteiger partial charge < -0.3 is 9.30 Å². The standard InChI is InChI=1S/C19H17N3O5S2/c1-11-8-12(2)18-14(9-11)21(10-17(24)27-3)19(29-18)20-15(23)6-4-13-5-7-16(28-13)22(25)26/h4-9H,10H2,1-3H3/b6-4+,20-19?. The van der Waals surface area contributed by atoms with Crippen molar-refractivity contribution in [1.82, 2.24) is 4.57 Å². The highest BCUT2D eigenvalue weighted by Crippen LogP contribution is 2.25. The molecule has 29 heavy (non-hydrogen) atoms. The Morgan fingerprint density at radius 2 is 2.03 bits per heavy atom. The number of carbonyl (C=O) groups is 2. The zero-order valence-electron chi connectivity index (χ0n) is 15.9. The number of rotatable bonds is 5. The van der Waals surface area contributed by atoms with Crippen molar-refractivity contribution >= 4 is 55.8 Å². The van der Waals surface area contributed by atoms with Crippen molar-refractivity contribution in [2.45, 2.75) is 20.4 Å². The Bertz CT molecular complexity index is 1220. The first-order valence-corrected chi connectivity index (χ1v) is 10.1. The highest BCUT2D eigenvalue weighted by molar-refractivity contribution is 7.16. The van der Waals surface area contributed by atoms with E-state index in [1.165, 1.54) is 36.7 Å². The fourth-order valence-electron chi connectivity index (χ4n) is 2.76. The maximum Gasteiger partial charge on any atom is 0.325 e. The van der Waals surface area contributed by atoms with Gasteiger partial charge in [0.15, 0.2) is 4.80 Å². The van der Waals surface area contributed by atoms with Gasteiger partial charge in [-0.05, 0) is 43.2 Å². The largest absolute Gasteiger partial charge is 0.468 e. The van der Waals surface area contributed by atoms with Gasteiger partial charge in [0.2, 0.25) is 0 Å². The van der Waals surface area contributed by atoms with Crippen LogP contribution in [0, 0.1) is 24.0 Å². The summed E-state index contributed by atoms with van der Waals surface area (Å²) in [4.78, 5) is 39.6. The Labute approximate surface area is 173 Å². The van der Waals surface area contributed by atoms with Gasteiger partial charge in [0.25, 0.3) is 5.91 Å². The molecule has 0 saturated heterocycles. The van der Waals surface area contributed by atoms with Crippen molar-refractivity contribution in [1.29, 1.82) is 0 Å². The molecule has 1 aromatic carbocycles. The molecule has 0 unspecified atom stereocenters. The van der Waals surface area contributed by atoms with E-state index in [0.29, 0.717) is 9.68 Å². The van der Waals surface area contributed by atoms with E-state index >= 15 is 0 Å². The van der Waals surface area contributed by atoms with Gasteiger partial charge >= 0.3 is 11.0 Å². The van der Waals surface area contributed by atoms with E-state index in [0.717, 1.165) is 32.7 Å². The number of aryl methyl sites for hydroxylation is 2. The normalized spacial score (nSPS) is 12.0. The smallest absolute Gasteiger partial charge is 0.325 e. The minimum absolute atomic E-state index is 0.000286. The molecule has 8 nitrogen and oxygen atoms in total. The number of esters is 1. The highest BCUT2D eigenvalue weighted by atomic mass is 32.1. The van der Waals surface area contributed by atoms with Gasteiger partial charge in [0.1, 0.15) is 6.54 Å². The van der Waals surface area contributed by atoms with Crippen molar-refractivity contribution in [2.75, 3.05) is 7.11 Å². The zero-order valence-corrected chi connectivity index (χ0v) is 17.5. The second kappa shape index (κ2) is 8.50. The molecule has 3 aromatic rings. The fraction of sp³-hybridized carbons (Fsp3) is 0.211. The van der Waals surface area contributed by atoms with E-state index in [4.69, 9.17) is 4.74 Å². The highest BCUT2D eigenvalue weighted by Gasteiger charge is 2.13. The van der Waals surface area contributed by atoms with Crippen LogP contribution in [0.3, 0.4) is 0 Å². The molecule has 0 spiro atoms. The number of ether oxygens (including phenoxy) is 1. The minimum atomic E-state index is -0.527. The number of methoxy groups -OCH3 is 1. The number of aromatic nitrogens is 1. The van der Waals surface area contributed by atoms with Crippen LogP contribution in [-0.2, 0) is 20.9 Å². The van der Waals surface area contributed by atoms with Crippen LogP contribution in [0.2, 0.25) is 0 Å². The second-order valence-electron chi connectivity index (χ2n) is 6.19. The van der Waals surface area contributed by atoms with Crippen LogP contribution in [-0.4, -0.2) is 28.5 Å². The Balaban J connectivity index is 2.01. The molecule has 3 rings (SSSR count). The topological polar surface area (TPSA) is 104 Å². The maximum absolute atomic E-state index is 12.4. The van der Waals surface area contributed by atoms with E-state index in [-0.39, 0.29) is 11.5 Å². The summed E-state index contributed by atoms with van der Waals surface area (Å²) in [5.74, 6) is -0.972. The van der Waals surface area contributed by atoms with Gasteiger partial charge in [-0.3, -0.25) is 19.7 Å². The number of carbonyl (C=O) groups excluding carboxylic acids is 2. The monoisotopic (exact) mass is 431 g/mol. The van der Waals surface area contributed by atoms with Crippen molar-refractivity contribution < 1.29 is 19.2 Å². The van der Waals surface area contributed by atoms with Gasteiger partial charge in [0, 0.05) is 17.0 Å². The molecule has 0 radical (unpaired) electrons. The molecule has 10 heteroatoms. The molecule has 150 valence electrons. The van der Waals surface area contributed by atoms with Gasteiger partial charge in [-0.25, -0.2) is 0 Å². The summed E-state index contributed by atoms with van der Waals surface area (Å²) in [7, 11) is 1.30. The molecule has 0 saturated carbocycles. The van der Waals surface area contributed by atoms with Gasteiger partial charge in [-0.2, -0.15) is 4.99 Å². The number of thiazole rings is 1. The molecule has 0 fully saturated rings. The summed E-state index contributed by atoms with van der Waals surface area (Å²) < 4.78 is 7.36. The number of hydrogen-bond donors (Lipinski definition) is 0. The summed E-state index contributed by atoms with van der Waals surface area (Å²) in [6, 6.07) is 6.91. The lowest BCUT2D eigenvalue weighted by Gasteiger charge is -2.05. The Kier molecular flexibility index (Phi) is 6.04. The summed E-state index contributed by atoms with van der Waals surface area (Å²) in [5, 5.41) is 10.7. The van der Waals surface area contributed by atoms with Crippen molar-refractivity contribution in [3.63, 3.8) is 0 Å². The third kappa shape index (κ3) is 4.66. The molecule has 0 bridgehead atoms. The summed E-state index contributed by atoms with van der Waals surface area (Å²) in [5.41, 5.74) is 2.87. The van der Waals surface area contributed by atoms with Crippen LogP contribution in [0.15, 0.2) is 35.3 Å². The van der Waals surface area contributed by atoms with E-state index in [9.17, 15) is 19.7 Å². The van der Waals surface area contributed by atoms with Gasteiger partial charge in [-0.1, -0.05) is 28.7 Å². The number of amides is 1. The van der Waals surface area contributed by atoms with Crippen LogP contribution < -0.4 is 4.80 Å². The van der Waals surface area contributed by atoms with Crippen LogP contribution in [0.25, 0.3) is 16.3 Å². The van der Waals surface area contributed by atoms with E-state index in [1.54, 1.807) is 10.6 Å². The molecule has 1 amide bonds. The summed E-state index contributed by atoms with van der Waals surface area (Å²) in [6.07, 6.45) is 2.73. The summed E-state index contributed by atoms with van der Waals surface area (Å²) in [6.45, 7) is 3.85. The average molecular weight is 431 g/mol. The minimum Gasteiger partial charge on any atom is -0.468 e. The third-order valence-corrected chi connectivity index (χ3v) is 6.25. The lowest BCUT2D eigenvalue weighted by atomic mass is 10.1. The lowest BCUT2D eigenvalue weighted by Crippen LogP contribution is -2.22. The van der Waals surface area contributed by atoms with Crippen molar-refractivity contribution in [3.05, 3.63) is 61.3 Å². The molecule has 0 aliphatic heterocycles. The predicted octanol–water partition coefficient (Wildman–Crippen LogP) is 3.60. The number of benzene rings is 1. The number of nitro groups is 1. The molecule has 0 N–H and O–H groups in total. The molecule has 0 aliphatic rings. The number of thiophene rings is 1. The third-order valence-electron chi connectivity index (χ3n) is 4.02. The first kappa shape index (κ1) is 20.6. The van der Waals surface area contributed by atoms with Gasteiger partial charge in [0.05, 0.1) is 22.2 Å². The number of hydrogen-bond acceptors (Lipinski definition) is 7. The molecule has 0 atom stereocenters. The van der Waals surface area contributed by atoms with E-state index in [1.807, 2.05) is 26.0 Å². The lowest BCUT2D eigenvalue weighted by molar-refractivity contribution is -0.380. The Morgan fingerprint density at radius 3 is 2.69 bits per heavy atom. The van der Waals surface area contributed by atoms with Crippen LogP contribution >= 0.6 is 22.7 Å². The number of nitrogens with zero attached hydrogens (tertiary/aromatic N) is 3. The fourth-order valence-corrected chi connectivity index (χ4v) is 4.57. The number of fused-ring (bicyclic) bond motifs is 1. The Hall–Kier alpha value is -3.11. The maximum atomic E-state index is 12.4. The van der Waals surface area contributed by atoms with Crippen LogP contribution in [0.5, 0.6) is 0 Å². The van der Waals surface area contributed by atoms with Crippen LogP contribution in [0.4, 0.5) is 5.00 Å². The first-order chi connectivity index (χ1) is 13.8. The molecular formula is C19H17N3O5S2. The van der Waals surface area contributed by atoms with Gasteiger partial charge in [-0.15, -0.1) is 0 Å². The second-order valence-corrected chi connectivity index (χ2v) is 8.26. The molecular weight excluding hydrogens is 414 g/mol. The molecule has 0 aliphatic carbocycles.